The van der Waals surface area contributed by atoms with Crippen LogP contribution in [-0.2, 0) is 14.8 Å². The third-order valence-corrected chi connectivity index (χ3v) is 6.79. The van der Waals surface area contributed by atoms with Crippen molar-refractivity contribution in [2.45, 2.75) is 31.7 Å². The molecule has 0 aliphatic rings. The predicted molar refractivity (Wildman–Crippen MR) is 105 cm³/mol. The van der Waals surface area contributed by atoms with Crippen LogP contribution in [0.1, 0.15) is 41.5 Å². The van der Waals surface area contributed by atoms with Gasteiger partial charge in [-0.1, -0.05) is 0 Å². The van der Waals surface area contributed by atoms with Crippen molar-refractivity contribution in [2.24, 2.45) is 0 Å². The molecule has 1 aromatic carbocycles. The Bertz CT molecular complexity index is 917. The summed E-state index contributed by atoms with van der Waals surface area (Å²) in [6.45, 7) is 5.50. The zero-order valence-corrected chi connectivity index (χ0v) is 17.2. The lowest BCUT2D eigenvalue weighted by Gasteiger charge is -2.21. The topological polar surface area (TPSA) is 92.8 Å². The van der Waals surface area contributed by atoms with Gasteiger partial charge in [0.1, 0.15) is 5.00 Å². The first-order chi connectivity index (χ1) is 12.7. The molecule has 0 saturated heterocycles. The molecule has 146 valence electrons. The van der Waals surface area contributed by atoms with Crippen molar-refractivity contribution in [1.29, 1.82) is 0 Å². The number of anilines is 1. The van der Waals surface area contributed by atoms with Gasteiger partial charge in [-0.05, 0) is 56.5 Å². The Morgan fingerprint density at radius 1 is 1.19 bits per heavy atom. The highest BCUT2D eigenvalue weighted by atomic mass is 32.2. The third kappa shape index (κ3) is 4.74. The van der Waals surface area contributed by atoms with Gasteiger partial charge in [0, 0.05) is 18.7 Å². The van der Waals surface area contributed by atoms with E-state index < -0.39 is 21.9 Å². The van der Waals surface area contributed by atoms with E-state index in [0.717, 1.165) is 0 Å². The molecule has 1 heterocycles. The van der Waals surface area contributed by atoms with Gasteiger partial charge in [-0.15, -0.1) is 11.3 Å². The molecule has 0 aliphatic carbocycles. The minimum absolute atomic E-state index is 0.110. The molecule has 2 rings (SSSR count). The molecular formula is C18H22N2O5S2. The van der Waals surface area contributed by atoms with Gasteiger partial charge in [-0.25, -0.2) is 13.2 Å². The van der Waals surface area contributed by atoms with E-state index in [-0.39, 0.29) is 28.7 Å². The molecule has 0 saturated carbocycles. The number of rotatable bonds is 7. The van der Waals surface area contributed by atoms with Crippen molar-refractivity contribution in [2.75, 3.05) is 19.0 Å². The summed E-state index contributed by atoms with van der Waals surface area (Å²) in [5.41, 5.74) is 0.567. The highest BCUT2D eigenvalue weighted by Crippen LogP contribution is 2.25. The summed E-state index contributed by atoms with van der Waals surface area (Å²) in [6.07, 6.45) is 0. The Morgan fingerprint density at radius 2 is 1.81 bits per heavy atom. The van der Waals surface area contributed by atoms with Crippen LogP contribution in [0.4, 0.5) is 5.00 Å². The highest BCUT2D eigenvalue weighted by molar-refractivity contribution is 7.89. The van der Waals surface area contributed by atoms with Crippen molar-refractivity contribution < 1.29 is 22.7 Å². The maximum atomic E-state index is 12.5. The van der Waals surface area contributed by atoms with Crippen LogP contribution < -0.4 is 5.32 Å². The zero-order chi connectivity index (χ0) is 20.2. The maximum absolute atomic E-state index is 12.5. The van der Waals surface area contributed by atoms with Gasteiger partial charge in [0.25, 0.3) is 5.91 Å². The lowest BCUT2D eigenvalue weighted by molar-refractivity contribution is 0.0528. The molecule has 1 N–H and O–H groups in total. The standard InChI is InChI=1S/C18H22N2O5S2/c1-5-25-18(22)15-10-11-26-17(15)19-16(21)13-6-8-14(9-7-13)27(23,24)20(4)12(2)3/h6-12H,5H2,1-4H3,(H,19,21). The van der Waals surface area contributed by atoms with Crippen LogP contribution >= 0.6 is 11.3 Å². The number of hydrogen-bond donors (Lipinski definition) is 1. The second-order valence-electron chi connectivity index (χ2n) is 5.98. The number of sulfonamides is 1. The molecule has 0 atom stereocenters. The number of carbonyl (C=O) groups excluding carboxylic acids is 2. The molecule has 2 aromatic rings. The van der Waals surface area contributed by atoms with Crippen molar-refractivity contribution >= 4 is 38.2 Å². The van der Waals surface area contributed by atoms with E-state index in [0.29, 0.717) is 5.00 Å². The van der Waals surface area contributed by atoms with Crippen LogP contribution in [0.5, 0.6) is 0 Å². The summed E-state index contributed by atoms with van der Waals surface area (Å²) < 4.78 is 31.2. The molecular weight excluding hydrogens is 388 g/mol. The minimum atomic E-state index is -3.61. The van der Waals surface area contributed by atoms with E-state index in [1.54, 1.807) is 32.2 Å². The first-order valence-corrected chi connectivity index (χ1v) is 10.6. The van der Waals surface area contributed by atoms with Crippen molar-refractivity contribution in [1.82, 2.24) is 4.31 Å². The van der Waals surface area contributed by atoms with Gasteiger partial charge in [0.15, 0.2) is 0 Å². The fourth-order valence-electron chi connectivity index (χ4n) is 2.17. The summed E-state index contributed by atoms with van der Waals surface area (Å²) in [4.78, 5) is 24.4. The zero-order valence-electron chi connectivity index (χ0n) is 15.6. The number of benzene rings is 1. The third-order valence-electron chi connectivity index (χ3n) is 3.91. The maximum Gasteiger partial charge on any atom is 0.341 e. The van der Waals surface area contributed by atoms with Crippen molar-refractivity contribution in [3.8, 4) is 0 Å². The summed E-state index contributed by atoms with van der Waals surface area (Å²) >= 11 is 1.21. The number of amides is 1. The Balaban J connectivity index is 2.18. The summed E-state index contributed by atoms with van der Waals surface area (Å²) in [7, 11) is -2.10. The molecule has 7 nitrogen and oxygen atoms in total. The predicted octanol–water partition coefficient (Wildman–Crippen LogP) is 3.21. The Morgan fingerprint density at radius 3 is 2.37 bits per heavy atom. The number of ether oxygens (including phenoxy) is 1. The molecule has 0 aliphatic heterocycles. The average molecular weight is 411 g/mol. The van der Waals surface area contributed by atoms with E-state index >= 15 is 0 Å². The fraction of sp³-hybridized carbons (Fsp3) is 0.333. The molecule has 0 unspecified atom stereocenters. The van der Waals surface area contributed by atoms with Crippen LogP contribution in [0.2, 0.25) is 0 Å². The van der Waals surface area contributed by atoms with Gasteiger partial charge in [-0.2, -0.15) is 4.31 Å². The van der Waals surface area contributed by atoms with Gasteiger partial charge in [0.2, 0.25) is 10.0 Å². The number of esters is 1. The number of carbonyl (C=O) groups is 2. The van der Waals surface area contributed by atoms with Crippen molar-refractivity contribution in [3.05, 3.63) is 46.8 Å². The number of hydrogen-bond acceptors (Lipinski definition) is 6. The van der Waals surface area contributed by atoms with Gasteiger partial charge in [-0.3, -0.25) is 4.79 Å². The molecule has 0 bridgehead atoms. The van der Waals surface area contributed by atoms with E-state index in [4.69, 9.17) is 4.74 Å². The first kappa shape index (κ1) is 21.1. The first-order valence-electron chi connectivity index (χ1n) is 8.32. The second-order valence-corrected chi connectivity index (χ2v) is 8.89. The smallest absolute Gasteiger partial charge is 0.341 e. The monoisotopic (exact) mass is 410 g/mol. The lowest BCUT2D eigenvalue weighted by Crippen LogP contribution is -2.33. The summed E-state index contributed by atoms with van der Waals surface area (Å²) in [6, 6.07) is 7.06. The Hall–Kier alpha value is -2.23. The van der Waals surface area contributed by atoms with Gasteiger partial charge in [0.05, 0.1) is 17.1 Å². The Labute approximate surface area is 163 Å². The largest absolute Gasteiger partial charge is 0.462 e. The number of nitrogens with one attached hydrogen (secondary N) is 1. The minimum Gasteiger partial charge on any atom is -0.462 e. The molecule has 27 heavy (non-hydrogen) atoms. The van der Waals surface area contributed by atoms with Gasteiger partial charge >= 0.3 is 5.97 Å². The second kappa shape index (κ2) is 8.64. The fourth-order valence-corrected chi connectivity index (χ4v) is 4.31. The molecule has 0 spiro atoms. The lowest BCUT2D eigenvalue weighted by atomic mass is 10.2. The van der Waals surface area contributed by atoms with E-state index in [1.165, 1.54) is 47.0 Å². The van der Waals surface area contributed by atoms with E-state index in [2.05, 4.69) is 5.32 Å². The highest BCUT2D eigenvalue weighted by Gasteiger charge is 2.23. The SMILES string of the molecule is CCOC(=O)c1ccsc1NC(=O)c1ccc(S(=O)(=O)N(C)C(C)C)cc1. The summed E-state index contributed by atoms with van der Waals surface area (Å²) in [5, 5.41) is 4.73. The van der Waals surface area contributed by atoms with Crippen molar-refractivity contribution in [3.63, 3.8) is 0 Å². The molecule has 1 amide bonds. The van der Waals surface area contributed by atoms with E-state index in [1.807, 2.05) is 0 Å². The summed E-state index contributed by atoms with van der Waals surface area (Å²) in [5.74, 6) is -0.948. The van der Waals surface area contributed by atoms with Crippen LogP contribution in [-0.4, -0.2) is 44.3 Å². The van der Waals surface area contributed by atoms with Crippen LogP contribution in [0, 0.1) is 0 Å². The Kier molecular flexibility index (Phi) is 6.74. The van der Waals surface area contributed by atoms with Crippen LogP contribution in [0.15, 0.2) is 40.6 Å². The molecule has 1 aromatic heterocycles. The molecule has 0 radical (unpaired) electrons. The number of nitrogens with zero attached hydrogens (tertiary/aromatic N) is 1. The average Bonchev–Trinajstić information content (AvgIpc) is 3.09. The normalized spacial score (nSPS) is 11.6. The van der Waals surface area contributed by atoms with E-state index in [9.17, 15) is 18.0 Å². The molecule has 9 heteroatoms. The molecule has 0 fully saturated rings. The quantitative estimate of drug-likeness (QED) is 0.708. The number of thiophene rings is 1. The van der Waals surface area contributed by atoms with Crippen LogP contribution in [0.3, 0.4) is 0 Å². The van der Waals surface area contributed by atoms with Gasteiger partial charge < -0.3 is 10.1 Å². The van der Waals surface area contributed by atoms with Crippen LogP contribution in [0.25, 0.3) is 0 Å².